The van der Waals surface area contributed by atoms with Crippen LogP contribution in [0.1, 0.15) is 44.5 Å². The Hall–Kier alpha value is -4.94. The van der Waals surface area contributed by atoms with E-state index in [2.05, 4.69) is 0 Å². The fourth-order valence-corrected chi connectivity index (χ4v) is 5.60. The predicted octanol–water partition coefficient (Wildman–Crippen LogP) is -1.36. The van der Waals surface area contributed by atoms with E-state index in [0.717, 1.165) is 27.7 Å². The molecule has 0 aliphatic carbocycles. The monoisotopic (exact) mass is 797 g/mol. The number of nitrogens with one attached hydrogen (secondary N) is 1. The van der Waals surface area contributed by atoms with E-state index in [1.807, 2.05) is 0 Å². The maximum absolute atomic E-state index is 13.6. The fraction of sp³-hybridized carbons (Fsp3) is 0.594. The zero-order valence-electron chi connectivity index (χ0n) is 29.3. The van der Waals surface area contributed by atoms with Crippen molar-refractivity contribution in [3.8, 4) is 0 Å². The van der Waals surface area contributed by atoms with Gasteiger partial charge in [0, 0.05) is 27.7 Å². The summed E-state index contributed by atoms with van der Waals surface area (Å²) in [6.45, 7) is 1.35. The smallest absolute Gasteiger partial charge is 0.471 e. The quantitative estimate of drug-likeness (QED) is 0.107. The van der Waals surface area contributed by atoms with Crippen molar-refractivity contribution in [2.45, 2.75) is 107 Å². The van der Waals surface area contributed by atoms with Crippen LogP contribution in [0.4, 0.5) is 13.2 Å². The molecule has 3 rings (SSSR count). The van der Waals surface area contributed by atoms with E-state index in [-0.39, 0.29) is 5.56 Å². The summed E-state index contributed by atoms with van der Waals surface area (Å²) < 4.78 is 82.7. The van der Waals surface area contributed by atoms with Gasteiger partial charge in [0.05, 0.1) is 18.0 Å². The summed E-state index contributed by atoms with van der Waals surface area (Å²) in [7, 11) is 0. The van der Waals surface area contributed by atoms with E-state index in [9.17, 15) is 67.2 Å². The molecule has 0 spiro atoms. The van der Waals surface area contributed by atoms with Crippen molar-refractivity contribution in [2.24, 2.45) is 0 Å². The van der Waals surface area contributed by atoms with Gasteiger partial charge in [0.1, 0.15) is 49.8 Å². The van der Waals surface area contributed by atoms with Crippen LogP contribution in [-0.4, -0.2) is 148 Å². The van der Waals surface area contributed by atoms with Crippen molar-refractivity contribution in [2.75, 3.05) is 13.2 Å². The molecule has 55 heavy (non-hydrogen) atoms. The third-order valence-corrected chi connectivity index (χ3v) is 7.88. The maximum atomic E-state index is 13.6. The minimum Gasteiger partial charge on any atom is -0.477 e. The van der Waals surface area contributed by atoms with Crippen LogP contribution in [0.2, 0.25) is 0 Å². The molecule has 0 aromatic heterocycles. The van der Waals surface area contributed by atoms with Gasteiger partial charge in [-0.15, -0.1) is 0 Å². The summed E-state index contributed by atoms with van der Waals surface area (Å²) in [4.78, 5) is 86.4. The Kier molecular flexibility index (Phi) is 15.0. The second-order valence-corrected chi connectivity index (χ2v) is 12.1. The molecule has 2 saturated heterocycles. The molecule has 306 valence electrons. The number of benzene rings is 1. The van der Waals surface area contributed by atoms with Crippen molar-refractivity contribution >= 4 is 41.7 Å². The van der Waals surface area contributed by atoms with E-state index >= 15 is 0 Å². The summed E-state index contributed by atoms with van der Waals surface area (Å²) in [5.74, 6) is -14.0. The normalized spacial score (nSPS) is 29.1. The van der Waals surface area contributed by atoms with Crippen molar-refractivity contribution in [3.05, 3.63) is 35.9 Å². The van der Waals surface area contributed by atoms with E-state index in [4.69, 9.17) is 37.9 Å². The molecule has 5 N–H and O–H groups in total. The topological polar surface area (TPSA) is 286 Å². The molecule has 20 nitrogen and oxygen atoms in total. The van der Waals surface area contributed by atoms with Crippen LogP contribution in [0.25, 0.3) is 0 Å². The van der Waals surface area contributed by atoms with Crippen LogP contribution in [0.5, 0.6) is 0 Å². The Bertz CT molecular complexity index is 1580. The number of carbonyl (C=O) groups is 7. The number of carboxylic acid groups (broad SMARTS) is 1. The molecule has 0 bridgehead atoms. The summed E-state index contributed by atoms with van der Waals surface area (Å²) in [6.07, 6.45) is -27.0. The second-order valence-electron chi connectivity index (χ2n) is 12.1. The molecule has 2 heterocycles. The number of aliphatic hydroxyl groups is 3. The molecule has 11 atom stereocenters. The highest BCUT2D eigenvalue weighted by atomic mass is 19.4. The molecule has 23 heteroatoms. The average Bonchev–Trinajstić information content (AvgIpc) is 3.08. The summed E-state index contributed by atoms with van der Waals surface area (Å²) in [5, 5.41) is 44.6. The van der Waals surface area contributed by atoms with E-state index < -0.39 is 134 Å². The lowest BCUT2D eigenvalue weighted by atomic mass is 9.87. The molecule has 2 fully saturated rings. The zero-order chi connectivity index (χ0) is 41.4. The van der Waals surface area contributed by atoms with Gasteiger partial charge in [0.25, 0.3) is 5.79 Å². The number of ether oxygens (including phenoxy) is 8. The SMILES string of the molecule is CC(=O)OC[C@@H](OC(C)=O)[C@H](OC(C)=O)[C@@H]1O[C@@](O[C@@H]2[C@@H](O)[C@H](O)O[C@H](COC(=O)c3ccccc3)[C@@H]2O)(C(=O)O)C[C@H](OC(C)=O)[C@H]1NC(=O)C(F)(F)F. The number of aliphatic carboxylic acids is 1. The summed E-state index contributed by atoms with van der Waals surface area (Å²) in [6, 6.07) is 5.04. The van der Waals surface area contributed by atoms with E-state index in [0.29, 0.717) is 0 Å². The number of rotatable bonds is 14. The van der Waals surface area contributed by atoms with Crippen molar-refractivity contribution < 1.29 is 105 Å². The van der Waals surface area contributed by atoms with Crippen molar-refractivity contribution in [1.29, 1.82) is 0 Å². The predicted molar refractivity (Wildman–Crippen MR) is 166 cm³/mol. The number of esters is 5. The van der Waals surface area contributed by atoms with Crippen LogP contribution < -0.4 is 5.32 Å². The van der Waals surface area contributed by atoms with E-state index in [1.54, 1.807) is 6.07 Å². The molecule has 0 saturated carbocycles. The Morgan fingerprint density at radius 2 is 1.51 bits per heavy atom. The highest BCUT2D eigenvalue weighted by molar-refractivity contribution is 5.89. The van der Waals surface area contributed by atoms with Gasteiger partial charge in [-0.1, -0.05) is 18.2 Å². The number of hydrogen-bond donors (Lipinski definition) is 5. The number of amides is 1. The minimum atomic E-state index is -5.64. The molecular weight excluding hydrogens is 759 g/mol. The van der Waals surface area contributed by atoms with Gasteiger partial charge >= 0.3 is 47.9 Å². The van der Waals surface area contributed by atoms with Gasteiger partial charge in [-0.25, -0.2) is 9.59 Å². The van der Waals surface area contributed by atoms with E-state index in [1.165, 1.54) is 29.6 Å². The summed E-state index contributed by atoms with van der Waals surface area (Å²) >= 11 is 0. The van der Waals surface area contributed by atoms with Crippen LogP contribution >= 0.6 is 0 Å². The number of aliphatic hydroxyl groups excluding tert-OH is 3. The molecule has 1 amide bonds. The van der Waals surface area contributed by atoms with Crippen LogP contribution in [-0.2, 0) is 66.7 Å². The second kappa shape index (κ2) is 18.6. The Balaban J connectivity index is 2.16. The molecule has 1 aromatic rings. The first-order valence-corrected chi connectivity index (χ1v) is 16.1. The Morgan fingerprint density at radius 3 is 2.04 bits per heavy atom. The number of alkyl halides is 3. The third kappa shape index (κ3) is 11.8. The molecular formula is C32H38F3NO19. The van der Waals surface area contributed by atoms with Gasteiger partial charge in [-0.3, -0.25) is 24.0 Å². The first-order valence-electron chi connectivity index (χ1n) is 16.1. The van der Waals surface area contributed by atoms with Crippen LogP contribution in [0.3, 0.4) is 0 Å². The Morgan fingerprint density at radius 1 is 0.891 bits per heavy atom. The molecule has 2 aliphatic rings. The van der Waals surface area contributed by atoms with Crippen molar-refractivity contribution in [3.63, 3.8) is 0 Å². The molecule has 0 unspecified atom stereocenters. The van der Waals surface area contributed by atoms with Gasteiger partial charge < -0.3 is 63.6 Å². The maximum Gasteiger partial charge on any atom is 0.471 e. The highest BCUT2D eigenvalue weighted by Gasteiger charge is 2.62. The van der Waals surface area contributed by atoms with Gasteiger partial charge in [-0.2, -0.15) is 13.2 Å². The molecule has 2 aliphatic heterocycles. The number of hydrogen-bond acceptors (Lipinski definition) is 18. The third-order valence-electron chi connectivity index (χ3n) is 7.88. The zero-order valence-corrected chi connectivity index (χ0v) is 29.3. The average molecular weight is 798 g/mol. The number of carboxylic acids is 1. The van der Waals surface area contributed by atoms with Crippen LogP contribution in [0.15, 0.2) is 30.3 Å². The minimum absolute atomic E-state index is 0.0550. The summed E-state index contributed by atoms with van der Waals surface area (Å²) in [5.41, 5.74) is 0.0550. The van der Waals surface area contributed by atoms with Crippen LogP contribution in [0, 0.1) is 0 Å². The first kappa shape index (κ1) is 44.5. The van der Waals surface area contributed by atoms with Gasteiger partial charge in [0.2, 0.25) is 0 Å². The van der Waals surface area contributed by atoms with Gasteiger partial charge in [0.15, 0.2) is 18.5 Å². The number of halogens is 3. The van der Waals surface area contributed by atoms with Crippen molar-refractivity contribution in [1.82, 2.24) is 5.32 Å². The lowest BCUT2D eigenvalue weighted by molar-refractivity contribution is -0.366. The van der Waals surface area contributed by atoms with Gasteiger partial charge in [-0.05, 0) is 12.1 Å². The Labute approximate surface area is 308 Å². The lowest BCUT2D eigenvalue weighted by Crippen LogP contribution is -2.71. The largest absolute Gasteiger partial charge is 0.477 e. The number of carbonyl (C=O) groups excluding carboxylic acids is 6. The lowest BCUT2D eigenvalue weighted by Gasteiger charge is -2.50. The highest BCUT2D eigenvalue weighted by Crippen LogP contribution is 2.39. The molecule has 1 aromatic carbocycles. The standard InChI is InChI=1S/C32H38F3NO19/c1-13(37)48-12-20(51-15(3)39)24(52-16(4)40)25-21(36-29(45)32(33,34)35)18(50-14(2)38)10-31(54-25,30(46)47)55-26-22(41)19(53-28(44)23(26)42)11-49-27(43)17-8-6-5-7-9-17/h5-9,18-26,28,41-42,44H,10-12H2,1-4H3,(H,36,45)(H,46,47)/t18-,19+,20+,21+,22-,23+,24-,25+,26-,28+,31-/m0/s1. The molecule has 0 radical (unpaired) electrons. The first-order chi connectivity index (χ1) is 25.6. The fourth-order valence-electron chi connectivity index (χ4n) is 5.60.